The number of carboxylic acids is 2. The summed E-state index contributed by atoms with van der Waals surface area (Å²) in [5, 5.41) is 21.0. The first-order valence-corrected chi connectivity index (χ1v) is 11.4. The van der Waals surface area contributed by atoms with E-state index in [9.17, 15) is 35.9 Å². The number of rotatable bonds is 10. The third kappa shape index (κ3) is 13.9. The fourth-order valence-electron chi connectivity index (χ4n) is 2.42. The van der Waals surface area contributed by atoms with Crippen LogP contribution in [0.4, 0.5) is 26.3 Å². The fourth-order valence-corrected chi connectivity index (χ4v) is 2.78. The van der Waals surface area contributed by atoms with E-state index in [2.05, 4.69) is 31.5 Å². The van der Waals surface area contributed by atoms with Gasteiger partial charge in [0.1, 0.15) is 0 Å². The van der Waals surface area contributed by atoms with Crippen LogP contribution in [0.5, 0.6) is 0 Å². The van der Waals surface area contributed by atoms with Gasteiger partial charge in [-0.2, -0.15) is 26.3 Å². The lowest BCUT2D eigenvalue weighted by molar-refractivity contribution is -0.193. The van der Waals surface area contributed by atoms with Crippen molar-refractivity contribution < 1.29 is 55.7 Å². The highest BCUT2D eigenvalue weighted by atomic mass is 79.9. The molecule has 1 heterocycles. The number of amides is 1. The summed E-state index contributed by atoms with van der Waals surface area (Å²) in [5.41, 5.74) is 6.64. The van der Waals surface area contributed by atoms with Crippen molar-refractivity contribution >= 4 is 50.5 Å². The Labute approximate surface area is 220 Å². The standard InChI is InChI=1S/C17H23BrN4O2.2C2HF3O2/c18-12-4-5-13-14(11-22-15(13)10-12)16(23)17(24)21-9-3-8-20-7-2-1-6-19;2*3-2(4,5)1(6)7/h4-5,10-11,20,22H,1-3,6-9,19H2,(H,21,24);2*(H,6,7). The molecule has 0 aliphatic heterocycles. The number of H-pyrrole nitrogens is 1. The van der Waals surface area contributed by atoms with E-state index in [1.165, 1.54) is 0 Å². The van der Waals surface area contributed by atoms with Crippen LogP contribution in [0, 0.1) is 0 Å². The van der Waals surface area contributed by atoms with E-state index in [-0.39, 0.29) is 0 Å². The van der Waals surface area contributed by atoms with Crippen molar-refractivity contribution in [3.8, 4) is 0 Å². The molecule has 0 radical (unpaired) electrons. The highest BCUT2D eigenvalue weighted by molar-refractivity contribution is 9.10. The molecule has 214 valence electrons. The van der Waals surface area contributed by atoms with Crippen molar-refractivity contribution in [3.05, 3.63) is 34.4 Å². The van der Waals surface area contributed by atoms with Crippen LogP contribution in [-0.4, -0.2) is 77.4 Å². The Kier molecular flexibility index (Phi) is 15.2. The van der Waals surface area contributed by atoms with Crippen LogP contribution in [0.3, 0.4) is 0 Å². The number of fused-ring (bicyclic) bond motifs is 1. The van der Waals surface area contributed by atoms with Gasteiger partial charge in [0.05, 0.1) is 5.56 Å². The maximum absolute atomic E-state index is 12.3. The number of hydrogen-bond donors (Lipinski definition) is 6. The number of halogens is 7. The minimum absolute atomic E-state index is 0.398. The van der Waals surface area contributed by atoms with Gasteiger partial charge in [0.15, 0.2) is 0 Å². The van der Waals surface area contributed by atoms with Gasteiger partial charge in [-0.1, -0.05) is 22.0 Å². The molecule has 0 atom stereocenters. The van der Waals surface area contributed by atoms with E-state index in [1.54, 1.807) is 6.20 Å². The van der Waals surface area contributed by atoms with Gasteiger partial charge < -0.3 is 31.6 Å². The van der Waals surface area contributed by atoms with E-state index in [1.807, 2.05) is 18.2 Å². The monoisotopic (exact) mass is 622 g/mol. The predicted octanol–water partition coefficient (Wildman–Crippen LogP) is 3.21. The number of hydrogen-bond acceptors (Lipinski definition) is 6. The largest absolute Gasteiger partial charge is 0.490 e. The van der Waals surface area contributed by atoms with Crippen molar-refractivity contribution in [2.45, 2.75) is 31.6 Å². The maximum atomic E-state index is 12.3. The van der Waals surface area contributed by atoms with Gasteiger partial charge >= 0.3 is 24.3 Å². The molecular formula is C21H25BrF6N4O6. The normalized spacial score (nSPS) is 11.1. The molecule has 0 aliphatic carbocycles. The van der Waals surface area contributed by atoms with Crippen molar-refractivity contribution in [2.24, 2.45) is 5.73 Å². The molecule has 0 aliphatic rings. The first kappa shape index (κ1) is 34.8. The maximum Gasteiger partial charge on any atom is 0.490 e. The summed E-state index contributed by atoms with van der Waals surface area (Å²) in [6.07, 6.45) is -5.74. The zero-order valence-corrected chi connectivity index (χ0v) is 21.1. The quantitative estimate of drug-likeness (QED) is 0.101. The average molecular weight is 623 g/mol. The number of aromatic nitrogens is 1. The Balaban J connectivity index is 0.000000804. The van der Waals surface area contributed by atoms with Crippen LogP contribution in [-0.2, 0) is 14.4 Å². The SMILES string of the molecule is NCCCCNCCCNC(=O)C(=O)c1c[nH]c2cc(Br)ccc12.O=C(O)C(F)(F)F.O=C(O)C(F)(F)F. The van der Waals surface area contributed by atoms with Gasteiger partial charge in [-0.05, 0) is 51.0 Å². The second-order valence-corrected chi connectivity index (χ2v) is 8.10. The Hall–Kier alpha value is -3.18. The molecule has 1 aromatic heterocycles. The number of benzene rings is 1. The minimum atomic E-state index is -5.08. The molecule has 10 nitrogen and oxygen atoms in total. The van der Waals surface area contributed by atoms with E-state index in [0.29, 0.717) is 18.7 Å². The van der Waals surface area contributed by atoms with Crippen molar-refractivity contribution in [1.82, 2.24) is 15.6 Å². The average Bonchev–Trinajstić information content (AvgIpc) is 3.22. The Bertz CT molecular complexity index is 1050. The number of alkyl halides is 6. The number of nitrogens with two attached hydrogens (primary N) is 1. The molecular weight excluding hydrogens is 598 g/mol. The molecule has 0 saturated heterocycles. The minimum Gasteiger partial charge on any atom is -0.475 e. The number of Topliss-reactive ketones (excluding diaryl/α,β-unsaturated/α-hetero) is 1. The summed E-state index contributed by atoms with van der Waals surface area (Å²) in [6, 6.07) is 5.54. The number of unbranched alkanes of at least 4 members (excludes halogenated alkanes) is 1. The van der Waals surface area contributed by atoms with E-state index >= 15 is 0 Å². The Morgan fingerprint density at radius 1 is 0.895 bits per heavy atom. The van der Waals surface area contributed by atoms with Gasteiger partial charge in [-0.25, -0.2) is 9.59 Å². The van der Waals surface area contributed by atoms with Crippen molar-refractivity contribution in [1.29, 1.82) is 0 Å². The molecule has 2 aromatic rings. The van der Waals surface area contributed by atoms with Crippen LogP contribution in [0.1, 0.15) is 29.6 Å². The van der Waals surface area contributed by atoms with Crippen LogP contribution < -0.4 is 16.4 Å². The number of ketones is 1. The summed E-state index contributed by atoms with van der Waals surface area (Å²) in [6.45, 7) is 2.92. The van der Waals surface area contributed by atoms with E-state index in [0.717, 1.165) is 47.7 Å². The Morgan fingerprint density at radius 2 is 1.42 bits per heavy atom. The van der Waals surface area contributed by atoms with Crippen LogP contribution >= 0.6 is 15.9 Å². The molecule has 0 fully saturated rings. The molecule has 1 amide bonds. The van der Waals surface area contributed by atoms with Crippen LogP contribution in [0.15, 0.2) is 28.9 Å². The van der Waals surface area contributed by atoms with Crippen molar-refractivity contribution in [2.75, 3.05) is 26.2 Å². The lowest BCUT2D eigenvalue weighted by Crippen LogP contribution is -2.33. The molecule has 0 spiro atoms. The number of nitrogens with one attached hydrogen (secondary N) is 3. The lowest BCUT2D eigenvalue weighted by atomic mass is 10.1. The van der Waals surface area contributed by atoms with Gasteiger partial charge in [-0.15, -0.1) is 0 Å². The van der Waals surface area contributed by atoms with Gasteiger partial charge in [0, 0.05) is 28.1 Å². The number of carbonyl (C=O) groups is 4. The second kappa shape index (κ2) is 16.6. The summed E-state index contributed by atoms with van der Waals surface area (Å²) in [4.78, 5) is 45.1. The molecule has 0 saturated carbocycles. The topological polar surface area (TPSA) is 175 Å². The highest BCUT2D eigenvalue weighted by Gasteiger charge is 2.38. The summed E-state index contributed by atoms with van der Waals surface area (Å²) in [7, 11) is 0. The Morgan fingerprint density at radius 3 is 1.92 bits per heavy atom. The second-order valence-electron chi connectivity index (χ2n) is 7.18. The van der Waals surface area contributed by atoms with Gasteiger partial charge in [0.25, 0.3) is 11.7 Å². The molecule has 0 bridgehead atoms. The molecule has 0 unspecified atom stereocenters. The third-order valence-electron chi connectivity index (χ3n) is 4.20. The number of aliphatic carboxylic acids is 2. The smallest absolute Gasteiger partial charge is 0.475 e. The van der Waals surface area contributed by atoms with Gasteiger partial charge in [-0.3, -0.25) is 9.59 Å². The zero-order chi connectivity index (χ0) is 29.5. The van der Waals surface area contributed by atoms with E-state index in [4.69, 9.17) is 25.5 Å². The zero-order valence-electron chi connectivity index (χ0n) is 19.5. The molecule has 38 heavy (non-hydrogen) atoms. The summed E-state index contributed by atoms with van der Waals surface area (Å²) < 4.78 is 64.4. The number of carbonyl (C=O) groups excluding carboxylic acids is 2. The summed E-state index contributed by atoms with van der Waals surface area (Å²) >= 11 is 3.38. The third-order valence-corrected chi connectivity index (χ3v) is 4.70. The molecule has 7 N–H and O–H groups in total. The first-order valence-electron chi connectivity index (χ1n) is 10.6. The first-order chi connectivity index (χ1) is 17.5. The molecule has 1 aromatic carbocycles. The summed E-state index contributed by atoms with van der Waals surface area (Å²) in [5.74, 6) is -6.60. The van der Waals surface area contributed by atoms with Crippen LogP contribution in [0.25, 0.3) is 10.9 Å². The van der Waals surface area contributed by atoms with E-state index < -0.39 is 36.0 Å². The molecule has 17 heteroatoms. The lowest BCUT2D eigenvalue weighted by Gasteiger charge is -2.06. The predicted molar refractivity (Wildman–Crippen MR) is 126 cm³/mol. The van der Waals surface area contributed by atoms with Gasteiger partial charge in [0.2, 0.25) is 0 Å². The van der Waals surface area contributed by atoms with Crippen molar-refractivity contribution in [3.63, 3.8) is 0 Å². The fraction of sp³-hybridized carbons (Fsp3) is 0.429. The highest BCUT2D eigenvalue weighted by Crippen LogP contribution is 2.22. The van der Waals surface area contributed by atoms with Crippen LogP contribution in [0.2, 0.25) is 0 Å². The molecule has 2 rings (SSSR count). The number of aromatic amines is 1. The number of carboxylic acid groups (broad SMARTS) is 2.